The first-order valence-corrected chi connectivity index (χ1v) is 6.93. The van der Waals surface area contributed by atoms with E-state index >= 15 is 0 Å². The predicted molar refractivity (Wildman–Crippen MR) is 74.7 cm³/mol. The minimum Gasteiger partial charge on any atom is -0.497 e. The SMILES string of the molecule is COc1ccc(OCCOC2CCCCC2N)cc1. The quantitative estimate of drug-likeness (QED) is 0.802. The maximum Gasteiger partial charge on any atom is 0.119 e. The van der Waals surface area contributed by atoms with Crippen LogP contribution in [0.3, 0.4) is 0 Å². The Morgan fingerprint density at radius 1 is 1.05 bits per heavy atom. The molecule has 2 N–H and O–H groups in total. The molecule has 0 saturated heterocycles. The summed E-state index contributed by atoms with van der Waals surface area (Å²) in [7, 11) is 1.65. The van der Waals surface area contributed by atoms with Gasteiger partial charge >= 0.3 is 0 Å². The summed E-state index contributed by atoms with van der Waals surface area (Å²) < 4.78 is 16.5. The highest BCUT2D eigenvalue weighted by Gasteiger charge is 2.21. The molecule has 0 aliphatic heterocycles. The number of nitrogens with two attached hydrogens (primary N) is 1. The number of ether oxygens (including phenoxy) is 3. The molecule has 0 heterocycles. The Labute approximate surface area is 114 Å². The van der Waals surface area contributed by atoms with E-state index in [1.165, 1.54) is 12.8 Å². The van der Waals surface area contributed by atoms with Crippen molar-refractivity contribution in [2.24, 2.45) is 5.73 Å². The fraction of sp³-hybridized carbons (Fsp3) is 0.600. The number of methoxy groups -OCH3 is 1. The van der Waals surface area contributed by atoms with Gasteiger partial charge in [-0.25, -0.2) is 0 Å². The Morgan fingerprint density at radius 3 is 2.42 bits per heavy atom. The summed E-state index contributed by atoms with van der Waals surface area (Å²) in [5.74, 6) is 1.66. The number of benzene rings is 1. The Morgan fingerprint density at radius 2 is 1.74 bits per heavy atom. The number of hydrogen-bond acceptors (Lipinski definition) is 4. The van der Waals surface area contributed by atoms with Crippen LogP contribution in [0.2, 0.25) is 0 Å². The molecular formula is C15H23NO3. The third-order valence-corrected chi connectivity index (χ3v) is 3.50. The Hall–Kier alpha value is -1.26. The van der Waals surface area contributed by atoms with Crippen LogP contribution in [0.4, 0.5) is 0 Å². The summed E-state index contributed by atoms with van der Waals surface area (Å²) in [6, 6.07) is 7.74. The van der Waals surface area contributed by atoms with Gasteiger partial charge in [0.05, 0.1) is 19.8 Å². The van der Waals surface area contributed by atoms with Crippen molar-refractivity contribution >= 4 is 0 Å². The van der Waals surface area contributed by atoms with Crippen molar-refractivity contribution in [3.05, 3.63) is 24.3 Å². The fourth-order valence-electron chi connectivity index (χ4n) is 2.36. The molecule has 19 heavy (non-hydrogen) atoms. The van der Waals surface area contributed by atoms with E-state index in [-0.39, 0.29) is 12.1 Å². The molecule has 1 saturated carbocycles. The molecule has 106 valence electrons. The highest BCUT2D eigenvalue weighted by Crippen LogP contribution is 2.20. The fourth-order valence-corrected chi connectivity index (χ4v) is 2.36. The highest BCUT2D eigenvalue weighted by molar-refractivity contribution is 5.31. The van der Waals surface area contributed by atoms with Crippen molar-refractivity contribution in [1.29, 1.82) is 0 Å². The first kappa shape index (κ1) is 14.2. The van der Waals surface area contributed by atoms with Crippen LogP contribution < -0.4 is 15.2 Å². The number of hydrogen-bond donors (Lipinski definition) is 1. The zero-order chi connectivity index (χ0) is 13.5. The lowest BCUT2D eigenvalue weighted by Gasteiger charge is -2.28. The molecule has 1 aliphatic rings. The second-order valence-corrected chi connectivity index (χ2v) is 4.88. The molecular weight excluding hydrogens is 242 g/mol. The summed E-state index contributed by atoms with van der Waals surface area (Å²) in [5, 5.41) is 0. The Bertz CT molecular complexity index is 366. The third kappa shape index (κ3) is 4.40. The molecule has 4 heteroatoms. The molecule has 0 bridgehead atoms. The highest BCUT2D eigenvalue weighted by atomic mass is 16.5. The van der Waals surface area contributed by atoms with Crippen molar-refractivity contribution in [2.45, 2.75) is 37.8 Å². The molecule has 0 spiro atoms. The molecule has 0 aromatic heterocycles. The first-order chi connectivity index (χ1) is 9.29. The second-order valence-electron chi connectivity index (χ2n) is 4.88. The van der Waals surface area contributed by atoms with Crippen LogP contribution in [0.5, 0.6) is 11.5 Å². The molecule has 1 aliphatic carbocycles. The monoisotopic (exact) mass is 265 g/mol. The molecule has 2 rings (SSSR count). The van der Waals surface area contributed by atoms with Crippen molar-refractivity contribution in [3.8, 4) is 11.5 Å². The van der Waals surface area contributed by atoms with E-state index in [1.807, 2.05) is 24.3 Å². The lowest BCUT2D eigenvalue weighted by Crippen LogP contribution is -2.40. The zero-order valence-electron chi connectivity index (χ0n) is 11.5. The maximum absolute atomic E-state index is 6.02. The maximum atomic E-state index is 6.02. The zero-order valence-corrected chi connectivity index (χ0v) is 11.5. The normalized spacial score (nSPS) is 23.1. The Kier molecular flexibility index (Phi) is 5.48. The third-order valence-electron chi connectivity index (χ3n) is 3.50. The van der Waals surface area contributed by atoms with Crippen LogP contribution in [0.1, 0.15) is 25.7 Å². The second kappa shape index (κ2) is 7.36. The van der Waals surface area contributed by atoms with Gasteiger partial charge in [0.1, 0.15) is 18.1 Å². The molecule has 0 amide bonds. The summed E-state index contributed by atoms with van der Waals surface area (Å²) in [5.41, 5.74) is 6.02. The van der Waals surface area contributed by atoms with Gasteiger partial charge in [0.15, 0.2) is 0 Å². The van der Waals surface area contributed by atoms with Gasteiger partial charge in [0.2, 0.25) is 0 Å². The van der Waals surface area contributed by atoms with E-state index in [0.29, 0.717) is 13.2 Å². The lowest BCUT2D eigenvalue weighted by atomic mass is 9.93. The van der Waals surface area contributed by atoms with E-state index in [9.17, 15) is 0 Å². The molecule has 1 aromatic carbocycles. The topological polar surface area (TPSA) is 53.7 Å². The van der Waals surface area contributed by atoms with Gasteiger partial charge in [0, 0.05) is 6.04 Å². The summed E-state index contributed by atoms with van der Waals surface area (Å²) in [4.78, 5) is 0. The van der Waals surface area contributed by atoms with Crippen molar-refractivity contribution < 1.29 is 14.2 Å². The van der Waals surface area contributed by atoms with E-state index < -0.39 is 0 Å². The van der Waals surface area contributed by atoms with Crippen LogP contribution in [-0.2, 0) is 4.74 Å². The summed E-state index contributed by atoms with van der Waals surface area (Å²) >= 11 is 0. The van der Waals surface area contributed by atoms with Crippen LogP contribution >= 0.6 is 0 Å². The molecule has 2 unspecified atom stereocenters. The molecule has 4 nitrogen and oxygen atoms in total. The van der Waals surface area contributed by atoms with Gasteiger partial charge in [-0.3, -0.25) is 0 Å². The summed E-state index contributed by atoms with van der Waals surface area (Å²) in [6.45, 7) is 1.14. The smallest absolute Gasteiger partial charge is 0.119 e. The van der Waals surface area contributed by atoms with Gasteiger partial charge in [-0.15, -0.1) is 0 Å². The van der Waals surface area contributed by atoms with E-state index in [2.05, 4.69) is 0 Å². The average Bonchev–Trinajstić information content (AvgIpc) is 2.46. The van der Waals surface area contributed by atoms with Crippen molar-refractivity contribution in [1.82, 2.24) is 0 Å². The van der Waals surface area contributed by atoms with Crippen molar-refractivity contribution in [3.63, 3.8) is 0 Å². The van der Waals surface area contributed by atoms with E-state index in [0.717, 1.165) is 24.3 Å². The lowest BCUT2D eigenvalue weighted by molar-refractivity contribution is 0.00137. The predicted octanol–water partition coefficient (Wildman–Crippen LogP) is 2.36. The average molecular weight is 265 g/mol. The van der Waals surface area contributed by atoms with Crippen LogP contribution in [0, 0.1) is 0 Å². The molecule has 1 fully saturated rings. The van der Waals surface area contributed by atoms with E-state index in [4.69, 9.17) is 19.9 Å². The molecule has 1 aromatic rings. The van der Waals surface area contributed by atoms with Gasteiger partial charge in [-0.2, -0.15) is 0 Å². The van der Waals surface area contributed by atoms with Crippen LogP contribution in [0.25, 0.3) is 0 Å². The molecule has 2 atom stereocenters. The first-order valence-electron chi connectivity index (χ1n) is 6.93. The van der Waals surface area contributed by atoms with Gasteiger partial charge in [-0.1, -0.05) is 12.8 Å². The largest absolute Gasteiger partial charge is 0.497 e. The summed E-state index contributed by atoms with van der Waals surface area (Å²) in [6.07, 6.45) is 4.79. The van der Waals surface area contributed by atoms with Crippen LogP contribution in [0.15, 0.2) is 24.3 Å². The van der Waals surface area contributed by atoms with Gasteiger partial charge < -0.3 is 19.9 Å². The van der Waals surface area contributed by atoms with Gasteiger partial charge in [-0.05, 0) is 37.1 Å². The van der Waals surface area contributed by atoms with E-state index in [1.54, 1.807) is 7.11 Å². The minimum absolute atomic E-state index is 0.190. The minimum atomic E-state index is 0.190. The number of rotatable bonds is 6. The van der Waals surface area contributed by atoms with Crippen LogP contribution in [-0.4, -0.2) is 32.5 Å². The standard InChI is InChI=1S/C15H23NO3/c1-17-12-6-8-13(9-7-12)18-10-11-19-15-5-3-2-4-14(15)16/h6-9,14-15H,2-5,10-11,16H2,1H3. The Balaban J connectivity index is 1.65. The van der Waals surface area contributed by atoms with Crippen molar-refractivity contribution in [2.75, 3.05) is 20.3 Å². The van der Waals surface area contributed by atoms with Gasteiger partial charge in [0.25, 0.3) is 0 Å². The molecule has 0 radical (unpaired) electrons.